The predicted molar refractivity (Wildman–Crippen MR) is 136 cm³/mol. The van der Waals surface area contributed by atoms with E-state index >= 15 is 0 Å². The molecule has 9 heteroatoms. The Morgan fingerprint density at radius 2 is 1.91 bits per heavy atom. The first-order chi connectivity index (χ1) is 16.5. The number of anilines is 1. The SMILES string of the molecule is COc1ccc(C(C)(C)C)cc1NC(=O)c1cc(C2CC2)nc2c1c(C)nn2C1CCS(=O)(=O)C1. The smallest absolute Gasteiger partial charge is 0.256 e. The van der Waals surface area contributed by atoms with Gasteiger partial charge in [0.15, 0.2) is 15.5 Å². The molecule has 1 atom stereocenters. The van der Waals surface area contributed by atoms with E-state index in [9.17, 15) is 13.2 Å². The van der Waals surface area contributed by atoms with Crippen LogP contribution in [0.2, 0.25) is 0 Å². The summed E-state index contributed by atoms with van der Waals surface area (Å²) in [4.78, 5) is 18.6. The van der Waals surface area contributed by atoms with Crippen LogP contribution in [0.4, 0.5) is 5.69 Å². The fourth-order valence-corrected chi connectivity index (χ4v) is 6.48. The van der Waals surface area contributed by atoms with E-state index in [1.807, 2.05) is 31.2 Å². The number of benzene rings is 1. The third-order valence-corrected chi connectivity index (χ3v) is 8.72. The molecule has 1 unspecified atom stereocenters. The molecule has 2 aliphatic rings. The first-order valence-corrected chi connectivity index (χ1v) is 13.9. The van der Waals surface area contributed by atoms with Gasteiger partial charge in [-0.25, -0.2) is 18.1 Å². The van der Waals surface area contributed by atoms with E-state index < -0.39 is 9.84 Å². The van der Waals surface area contributed by atoms with Crippen LogP contribution >= 0.6 is 0 Å². The van der Waals surface area contributed by atoms with E-state index in [1.165, 1.54) is 0 Å². The molecular weight excluding hydrogens is 464 g/mol. The molecule has 0 spiro atoms. The second-order valence-electron chi connectivity index (χ2n) is 10.8. The Hall–Kier alpha value is -2.94. The zero-order valence-corrected chi connectivity index (χ0v) is 21.7. The van der Waals surface area contributed by atoms with Gasteiger partial charge in [-0.3, -0.25) is 4.79 Å². The average molecular weight is 497 g/mol. The summed E-state index contributed by atoms with van der Waals surface area (Å²) in [6.07, 6.45) is 2.57. The van der Waals surface area contributed by atoms with Crippen LogP contribution in [0, 0.1) is 6.92 Å². The van der Waals surface area contributed by atoms with Gasteiger partial charge < -0.3 is 10.1 Å². The van der Waals surface area contributed by atoms with Crippen LogP contribution in [0.25, 0.3) is 11.0 Å². The minimum absolute atomic E-state index is 0.0525. The number of hydrogen-bond donors (Lipinski definition) is 1. The Balaban J connectivity index is 1.60. The lowest BCUT2D eigenvalue weighted by Crippen LogP contribution is -2.17. The number of amides is 1. The van der Waals surface area contributed by atoms with Gasteiger partial charge in [0.05, 0.1) is 47.0 Å². The lowest BCUT2D eigenvalue weighted by atomic mass is 9.87. The number of methoxy groups -OCH3 is 1. The lowest BCUT2D eigenvalue weighted by molar-refractivity contribution is 0.102. The van der Waals surface area contributed by atoms with Gasteiger partial charge in [-0.1, -0.05) is 26.8 Å². The van der Waals surface area contributed by atoms with Crippen molar-refractivity contribution in [1.29, 1.82) is 0 Å². The van der Waals surface area contributed by atoms with Gasteiger partial charge in [-0.15, -0.1) is 0 Å². The van der Waals surface area contributed by atoms with E-state index in [1.54, 1.807) is 11.8 Å². The summed E-state index contributed by atoms with van der Waals surface area (Å²) in [5, 5.41) is 8.41. The zero-order valence-electron chi connectivity index (χ0n) is 20.9. The first kappa shape index (κ1) is 23.8. The van der Waals surface area contributed by atoms with Gasteiger partial charge in [0.1, 0.15) is 5.75 Å². The quantitative estimate of drug-likeness (QED) is 0.556. The standard InChI is InChI=1S/C26H32N4O4S/c1-15-23-19(25(31)28-21-12-17(26(2,3)4)8-9-22(21)34-5)13-20(16-6-7-16)27-24(23)30(29-15)18-10-11-35(32,33)14-18/h8-9,12-13,16,18H,6-7,10-11,14H2,1-5H3,(H,28,31). The number of pyridine rings is 1. The predicted octanol–water partition coefficient (Wildman–Crippen LogP) is 4.54. The second kappa shape index (κ2) is 8.33. The molecule has 0 bridgehead atoms. The zero-order chi connectivity index (χ0) is 25.1. The van der Waals surface area contributed by atoms with Crippen LogP contribution in [0.1, 0.15) is 79.3 Å². The fourth-order valence-electron chi connectivity index (χ4n) is 4.78. The van der Waals surface area contributed by atoms with Gasteiger partial charge in [0.2, 0.25) is 0 Å². The second-order valence-corrected chi connectivity index (χ2v) is 13.0. The molecule has 35 heavy (non-hydrogen) atoms. The Morgan fingerprint density at radius 1 is 1.17 bits per heavy atom. The van der Waals surface area contributed by atoms with E-state index in [4.69, 9.17) is 9.72 Å². The van der Waals surface area contributed by atoms with Crippen molar-refractivity contribution in [3.63, 3.8) is 0 Å². The van der Waals surface area contributed by atoms with Crippen molar-refractivity contribution >= 4 is 32.5 Å². The van der Waals surface area contributed by atoms with Crippen molar-refractivity contribution in [2.24, 2.45) is 0 Å². The first-order valence-electron chi connectivity index (χ1n) is 12.1. The molecule has 2 aromatic heterocycles. The molecule has 1 saturated heterocycles. The van der Waals surface area contributed by atoms with E-state index in [2.05, 4.69) is 31.2 Å². The highest BCUT2D eigenvalue weighted by Crippen LogP contribution is 2.41. The summed E-state index contributed by atoms with van der Waals surface area (Å²) in [6.45, 7) is 8.21. The van der Waals surface area contributed by atoms with Gasteiger partial charge in [-0.05, 0) is 55.4 Å². The number of rotatable bonds is 5. The van der Waals surface area contributed by atoms with Crippen molar-refractivity contribution in [3.8, 4) is 5.75 Å². The summed E-state index contributed by atoms with van der Waals surface area (Å²) in [5.74, 6) is 0.850. The molecule has 3 heterocycles. The number of nitrogens with one attached hydrogen (secondary N) is 1. The van der Waals surface area contributed by atoms with Crippen LogP contribution in [0.5, 0.6) is 5.75 Å². The minimum atomic E-state index is -3.09. The maximum Gasteiger partial charge on any atom is 0.256 e. The largest absolute Gasteiger partial charge is 0.495 e. The van der Waals surface area contributed by atoms with Crippen LogP contribution in [-0.4, -0.2) is 47.7 Å². The van der Waals surface area contributed by atoms with Crippen molar-refractivity contribution < 1.29 is 17.9 Å². The summed E-state index contributed by atoms with van der Waals surface area (Å²) in [5.41, 5.74) is 4.22. The molecule has 5 rings (SSSR count). The normalized spacial score (nSPS) is 19.7. The Bertz CT molecular complexity index is 1430. The molecule has 1 aliphatic heterocycles. The van der Waals surface area contributed by atoms with Gasteiger partial charge >= 0.3 is 0 Å². The number of carbonyl (C=O) groups is 1. The Kier molecular flexibility index (Phi) is 5.66. The highest BCUT2D eigenvalue weighted by atomic mass is 32.2. The van der Waals surface area contributed by atoms with E-state index in [0.717, 1.165) is 24.1 Å². The van der Waals surface area contributed by atoms with Crippen LogP contribution < -0.4 is 10.1 Å². The molecule has 1 aromatic carbocycles. The number of carbonyl (C=O) groups excluding carboxylic acids is 1. The number of ether oxygens (including phenoxy) is 1. The summed E-state index contributed by atoms with van der Waals surface area (Å²) >= 11 is 0. The molecule has 186 valence electrons. The van der Waals surface area contributed by atoms with Gasteiger partial charge in [0, 0.05) is 11.6 Å². The van der Waals surface area contributed by atoms with Crippen molar-refractivity contribution in [1.82, 2.24) is 14.8 Å². The molecule has 2 fully saturated rings. The number of nitrogens with zero attached hydrogens (tertiary/aromatic N) is 3. The Labute approximate surface area is 206 Å². The number of fused-ring (bicyclic) bond motifs is 1. The van der Waals surface area contributed by atoms with E-state index in [-0.39, 0.29) is 28.9 Å². The number of sulfone groups is 1. The molecule has 1 amide bonds. The maximum absolute atomic E-state index is 13.7. The molecule has 1 N–H and O–H groups in total. The number of hydrogen-bond acceptors (Lipinski definition) is 6. The topological polar surface area (TPSA) is 103 Å². The average Bonchev–Trinajstić information content (AvgIpc) is 3.51. The lowest BCUT2D eigenvalue weighted by Gasteiger charge is -2.21. The maximum atomic E-state index is 13.7. The minimum Gasteiger partial charge on any atom is -0.495 e. The van der Waals surface area contributed by atoms with Gasteiger partial charge in [0.25, 0.3) is 5.91 Å². The molecule has 3 aromatic rings. The van der Waals surface area contributed by atoms with Crippen molar-refractivity contribution in [2.45, 2.75) is 64.3 Å². The molecule has 0 radical (unpaired) electrons. The monoisotopic (exact) mass is 496 g/mol. The van der Waals surface area contributed by atoms with Gasteiger partial charge in [-0.2, -0.15) is 5.10 Å². The summed E-state index contributed by atoms with van der Waals surface area (Å²) in [6, 6.07) is 7.44. The Morgan fingerprint density at radius 3 is 2.51 bits per heavy atom. The molecule has 1 saturated carbocycles. The van der Waals surface area contributed by atoms with Crippen LogP contribution in [-0.2, 0) is 15.3 Å². The molecular formula is C26H32N4O4S. The van der Waals surface area contributed by atoms with Crippen LogP contribution in [0.15, 0.2) is 24.3 Å². The number of aryl methyl sites for hydroxylation is 1. The van der Waals surface area contributed by atoms with Crippen molar-refractivity contribution in [3.05, 3.63) is 46.8 Å². The third-order valence-electron chi connectivity index (χ3n) is 6.96. The summed E-state index contributed by atoms with van der Waals surface area (Å²) < 4.78 is 31.5. The van der Waals surface area contributed by atoms with E-state index in [0.29, 0.717) is 46.1 Å². The number of aromatic nitrogens is 3. The van der Waals surface area contributed by atoms with Crippen molar-refractivity contribution in [2.75, 3.05) is 23.9 Å². The van der Waals surface area contributed by atoms with Crippen LogP contribution in [0.3, 0.4) is 0 Å². The highest BCUT2D eigenvalue weighted by Gasteiger charge is 2.34. The molecule has 8 nitrogen and oxygen atoms in total. The highest BCUT2D eigenvalue weighted by molar-refractivity contribution is 7.91. The third kappa shape index (κ3) is 4.53. The fraction of sp³-hybridized carbons (Fsp3) is 0.500. The summed E-state index contributed by atoms with van der Waals surface area (Å²) in [7, 11) is -1.51. The molecule has 1 aliphatic carbocycles.